The van der Waals surface area contributed by atoms with Crippen LogP contribution in [0.1, 0.15) is 39.0 Å². The van der Waals surface area contributed by atoms with Crippen LogP contribution in [0.4, 0.5) is 5.95 Å². The van der Waals surface area contributed by atoms with E-state index in [0.717, 1.165) is 25.1 Å². The van der Waals surface area contributed by atoms with Gasteiger partial charge in [-0.1, -0.05) is 0 Å². The van der Waals surface area contributed by atoms with Gasteiger partial charge in [-0.3, -0.25) is 0 Å². The third kappa shape index (κ3) is 3.39. The summed E-state index contributed by atoms with van der Waals surface area (Å²) in [7, 11) is 0. The number of hydrogen-bond acceptors (Lipinski definition) is 5. The Bertz CT molecular complexity index is 436. The molecule has 1 aromatic heterocycles. The van der Waals surface area contributed by atoms with Crippen molar-refractivity contribution in [1.82, 2.24) is 15.3 Å². The Morgan fingerprint density at radius 1 is 1.35 bits per heavy atom. The number of nitrogens with zero attached hydrogens (tertiary/aromatic N) is 3. The predicted octanol–water partition coefficient (Wildman–Crippen LogP) is 1.99. The molecule has 2 fully saturated rings. The fourth-order valence-electron chi connectivity index (χ4n) is 2.77. The van der Waals surface area contributed by atoms with Crippen LogP contribution in [0.3, 0.4) is 0 Å². The lowest BCUT2D eigenvalue weighted by molar-refractivity contribution is 0.325. The molecule has 20 heavy (non-hydrogen) atoms. The minimum absolute atomic E-state index is 0.515. The van der Waals surface area contributed by atoms with Gasteiger partial charge in [0.2, 0.25) is 11.8 Å². The molecule has 0 bridgehead atoms. The lowest BCUT2D eigenvalue weighted by Gasteiger charge is -2.36. The molecule has 1 aliphatic carbocycles. The zero-order valence-electron chi connectivity index (χ0n) is 12.2. The van der Waals surface area contributed by atoms with Crippen LogP contribution < -0.4 is 15.0 Å². The van der Waals surface area contributed by atoms with Crippen LogP contribution in [-0.4, -0.2) is 41.7 Å². The van der Waals surface area contributed by atoms with Crippen LogP contribution in [0.15, 0.2) is 12.3 Å². The van der Waals surface area contributed by atoms with Gasteiger partial charge in [-0.25, -0.2) is 4.98 Å². The third-order valence-corrected chi connectivity index (χ3v) is 4.01. The van der Waals surface area contributed by atoms with E-state index in [4.69, 9.17) is 4.74 Å². The van der Waals surface area contributed by atoms with Gasteiger partial charge in [0.1, 0.15) is 0 Å². The Morgan fingerprint density at radius 3 is 3.05 bits per heavy atom. The first-order valence-electron chi connectivity index (χ1n) is 7.82. The SMILES string of the molecule is CCOc1ccnc(N2CCCCC2CNC2CC2)n1. The van der Waals surface area contributed by atoms with Crippen molar-refractivity contribution in [2.24, 2.45) is 0 Å². The van der Waals surface area contributed by atoms with Crippen molar-refractivity contribution < 1.29 is 4.74 Å². The highest BCUT2D eigenvalue weighted by molar-refractivity contribution is 5.34. The molecule has 1 aromatic rings. The molecule has 2 aliphatic rings. The topological polar surface area (TPSA) is 50.3 Å². The van der Waals surface area contributed by atoms with Crippen LogP contribution in [0.25, 0.3) is 0 Å². The Balaban J connectivity index is 1.68. The first-order chi connectivity index (χ1) is 9.86. The van der Waals surface area contributed by atoms with Crippen LogP contribution in [0.2, 0.25) is 0 Å². The summed E-state index contributed by atoms with van der Waals surface area (Å²) in [5.41, 5.74) is 0. The Morgan fingerprint density at radius 2 is 2.25 bits per heavy atom. The van der Waals surface area contributed by atoms with Crippen LogP contribution in [-0.2, 0) is 0 Å². The number of rotatable bonds is 6. The van der Waals surface area contributed by atoms with Gasteiger partial charge in [0.25, 0.3) is 0 Å². The molecule has 2 heterocycles. The summed E-state index contributed by atoms with van der Waals surface area (Å²) >= 11 is 0. The summed E-state index contributed by atoms with van der Waals surface area (Å²) in [5.74, 6) is 1.50. The Labute approximate surface area is 120 Å². The number of piperidine rings is 1. The van der Waals surface area contributed by atoms with E-state index in [1.54, 1.807) is 6.20 Å². The van der Waals surface area contributed by atoms with Gasteiger partial charge in [-0.05, 0) is 39.0 Å². The number of nitrogens with one attached hydrogen (secondary N) is 1. The van der Waals surface area contributed by atoms with E-state index >= 15 is 0 Å². The van der Waals surface area contributed by atoms with E-state index in [1.807, 2.05) is 13.0 Å². The second kappa shape index (κ2) is 6.39. The maximum absolute atomic E-state index is 5.49. The summed E-state index contributed by atoms with van der Waals surface area (Å²) < 4.78 is 5.49. The average Bonchev–Trinajstić information content (AvgIpc) is 3.30. The van der Waals surface area contributed by atoms with E-state index in [1.165, 1.54) is 32.1 Å². The van der Waals surface area contributed by atoms with Crippen LogP contribution in [0, 0.1) is 0 Å². The normalized spacial score (nSPS) is 22.9. The Kier molecular flexibility index (Phi) is 4.35. The fourth-order valence-corrected chi connectivity index (χ4v) is 2.77. The van der Waals surface area contributed by atoms with Crippen molar-refractivity contribution in [3.8, 4) is 5.88 Å². The molecule has 1 saturated heterocycles. The lowest BCUT2D eigenvalue weighted by Crippen LogP contribution is -2.46. The molecule has 0 radical (unpaired) electrons. The number of aromatic nitrogens is 2. The monoisotopic (exact) mass is 276 g/mol. The molecule has 3 rings (SSSR count). The second-order valence-electron chi connectivity index (χ2n) is 5.65. The van der Waals surface area contributed by atoms with Crippen molar-refractivity contribution in [2.45, 2.75) is 51.1 Å². The van der Waals surface area contributed by atoms with Gasteiger partial charge in [0, 0.05) is 37.4 Å². The third-order valence-electron chi connectivity index (χ3n) is 4.01. The summed E-state index contributed by atoms with van der Waals surface area (Å²) in [6.07, 6.45) is 8.22. The highest BCUT2D eigenvalue weighted by Crippen LogP contribution is 2.24. The zero-order chi connectivity index (χ0) is 13.8. The maximum atomic E-state index is 5.49. The molecule has 0 aromatic carbocycles. The zero-order valence-corrected chi connectivity index (χ0v) is 12.2. The first kappa shape index (κ1) is 13.6. The molecule has 1 atom stereocenters. The van der Waals surface area contributed by atoms with E-state index in [9.17, 15) is 0 Å². The molecular formula is C15H24N4O. The quantitative estimate of drug-likeness (QED) is 0.861. The maximum Gasteiger partial charge on any atom is 0.228 e. The number of hydrogen-bond donors (Lipinski definition) is 1. The lowest BCUT2D eigenvalue weighted by atomic mass is 10.0. The van der Waals surface area contributed by atoms with Gasteiger partial charge in [0.15, 0.2) is 0 Å². The highest BCUT2D eigenvalue weighted by Gasteiger charge is 2.27. The van der Waals surface area contributed by atoms with Gasteiger partial charge in [-0.2, -0.15) is 4.98 Å². The van der Waals surface area contributed by atoms with Crippen molar-refractivity contribution in [3.63, 3.8) is 0 Å². The van der Waals surface area contributed by atoms with Gasteiger partial charge >= 0.3 is 0 Å². The number of ether oxygens (including phenoxy) is 1. The van der Waals surface area contributed by atoms with E-state index in [2.05, 4.69) is 20.2 Å². The molecule has 1 saturated carbocycles. The smallest absolute Gasteiger partial charge is 0.228 e. The average molecular weight is 276 g/mol. The van der Waals surface area contributed by atoms with Gasteiger partial charge in [0.05, 0.1) is 6.61 Å². The molecule has 0 amide bonds. The molecule has 1 N–H and O–H groups in total. The molecule has 110 valence electrons. The van der Waals surface area contributed by atoms with Gasteiger partial charge < -0.3 is 15.0 Å². The van der Waals surface area contributed by atoms with E-state index in [-0.39, 0.29) is 0 Å². The predicted molar refractivity (Wildman–Crippen MR) is 79.2 cm³/mol. The van der Waals surface area contributed by atoms with Crippen molar-refractivity contribution in [2.75, 3.05) is 24.6 Å². The molecule has 5 nitrogen and oxygen atoms in total. The van der Waals surface area contributed by atoms with Crippen molar-refractivity contribution >= 4 is 5.95 Å². The van der Waals surface area contributed by atoms with Crippen molar-refractivity contribution in [1.29, 1.82) is 0 Å². The molecule has 5 heteroatoms. The standard InChI is InChI=1S/C15H24N4O/c1-2-20-14-8-9-16-15(18-14)19-10-4-3-5-13(19)11-17-12-6-7-12/h8-9,12-13,17H,2-7,10-11H2,1H3. The largest absolute Gasteiger partial charge is 0.478 e. The summed E-state index contributed by atoms with van der Waals surface area (Å²) in [4.78, 5) is 11.3. The first-order valence-corrected chi connectivity index (χ1v) is 7.82. The van der Waals surface area contributed by atoms with Crippen molar-refractivity contribution in [3.05, 3.63) is 12.3 Å². The van der Waals surface area contributed by atoms with E-state index < -0.39 is 0 Å². The number of anilines is 1. The summed E-state index contributed by atoms with van der Waals surface area (Å²) in [6, 6.07) is 3.10. The molecule has 0 spiro atoms. The second-order valence-corrected chi connectivity index (χ2v) is 5.65. The molecular weight excluding hydrogens is 252 g/mol. The summed E-state index contributed by atoms with van der Waals surface area (Å²) in [5, 5.41) is 3.64. The fraction of sp³-hybridized carbons (Fsp3) is 0.733. The van der Waals surface area contributed by atoms with Crippen LogP contribution in [0.5, 0.6) is 5.88 Å². The minimum atomic E-state index is 0.515. The Hall–Kier alpha value is -1.36. The molecule has 1 unspecified atom stereocenters. The minimum Gasteiger partial charge on any atom is -0.478 e. The summed E-state index contributed by atoms with van der Waals surface area (Å²) in [6.45, 7) is 4.72. The van der Waals surface area contributed by atoms with E-state index in [0.29, 0.717) is 18.5 Å². The molecule has 1 aliphatic heterocycles. The highest BCUT2D eigenvalue weighted by atomic mass is 16.5. The van der Waals surface area contributed by atoms with Gasteiger partial charge in [-0.15, -0.1) is 0 Å². The van der Waals surface area contributed by atoms with Crippen LogP contribution >= 0.6 is 0 Å².